The molecule has 18 heavy (non-hydrogen) atoms. The minimum atomic E-state index is 0.0718. The average Bonchev–Trinajstić information content (AvgIpc) is 2.46. The van der Waals surface area contributed by atoms with Crippen LogP contribution in [-0.4, -0.2) is 28.9 Å². The molecule has 0 unspecified atom stereocenters. The van der Waals surface area contributed by atoms with E-state index >= 15 is 0 Å². The second kappa shape index (κ2) is 6.34. The molecule has 0 aliphatic carbocycles. The maximum atomic E-state index is 11.5. The Morgan fingerprint density at radius 3 is 2.67 bits per heavy atom. The molecule has 96 valence electrons. The van der Waals surface area contributed by atoms with Crippen LogP contribution in [0.4, 0.5) is 0 Å². The van der Waals surface area contributed by atoms with E-state index in [1.165, 1.54) is 18.1 Å². The molecule has 0 atom stereocenters. The zero-order valence-electron chi connectivity index (χ0n) is 10.7. The number of piperidine rings is 1. The molecule has 0 spiro atoms. The first kappa shape index (κ1) is 12.8. The van der Waals surface area contributed by atoms with Crippen LogP contribution < -0.4 is 0 Å². The van der Waals surface area contributed by atoms with Crippen LogP contribution in [0.2, 0.25) is 0 Å². The third-order valence-electron chi connectivity index (χ3n) is 3.69. The number of aryl methyl sites for hydroxylation is 1. The molecule has 0 N–H and O–H groups in total. The number of hydrogen-bond donors (Lipinski definition) is 0. The molecule has 3 nitrogen and oxygen atoms in total. The summed E-state index contributed by atoms with van der Waals surface area (Å²) in [4.78, 5) is 17.4. The fourth-order valence-corrected chi connectivity index (χ4v) is 2.49. The second-order valence-electron chi connectivity index (χ2n) is 4.87. The minimum absolute atomic E-state index is 0.0718. The molecule has 1 aliphatic heterocycles. The van der Waals surface area contributed by atoms with E-state index in [1.54, 1.807) is 0 Å². The number of hydrogen-bond acceptors (Lipinski definition) is 2. The van der Waals surface area contributed by atoms with Crippen molar-refractivity contribution in [1.82, 2.24) is 9.88 Å². The number of pyridine rings is 1. The quantitative estimate of drug-likeness (QED) is 0.762. The number of carbonyl (C=O) groups is 1. The third kappa shape index (κ3) is 3.42. The van der Waals surface area contributed by atoms with Crippen LogP contribution in [0.1, 0.15) is 24.8 Å². The van der Waals surface area contributed by atoms with Gasteiger partial charge in [-0.15, -0.1) is 0 Å². The molecule has 3 heteroatoms. The Bertz CT molecular complexity index is 394. The van der Waals surface area contributed by atoms with E-state index < -0.39 is 0 Å². The monoisotopic (exact) mass is 244 g/mol. The molecule has 2 rings (SSSR count). The van der Waals surface area contributed by atoms with Gasteiger partial charge in [0.15, 0.2) is 0 Å². The van der Waals surface area contributed by atoms with Gasteiger partial charge in [-0.3, -0.25) is 9.78 Å². The molecule has 0 aromatic carbocycles. The van der Waals surface area contributed by atoms with Gasteiger partial charge in [0.25, 0.3) is 0 Å². The molecule has 1 aromatic heterocycles. The van der Waals surface area contributed by atoms with Gasteiger partial charge in [-0.25, -0.2) is 0 Å². The molecule has 0 radical (unpaired) electrons. The van der Waals surface area contributed by atoms with Gasteiger partial charge in [0.2, 0.25) is 5.91 Å². The van der Waals surface area contributed by atoms with E-state index in [1.807, 2.05) is 17.3 Å². The summed E-state index contributed by atoms with van der Waals surface area (Å²) in [6, 6.07) is 4.16. The van der Waals surface area contributed by atoms with Crippen molar-refractivity contribution in [2.24, 2.45) is 5.92 Å². The Labute approximate surface area is 109 Å². The van der Waals surface area contributed by atoms with Crippen molar-refractivity contribution < 1.29 is 4.79 Å². The zero-order chi connectivity index (χ0) is 12.8. The Morgan fingerprint density at radius 2 is 2.06 bits per heavy atom. The number of aromatic nitrogens is 1. The summed E-state index contributed by atoms with van der Waals surface area (Å²) in [5.74, 6) is 0.814. The predicted octanol–water partition coefficient (Wildman–Crippen LogP) is 2.44. The normalized spacial score (nSPS) is 16.6. The Hall–Kier alpha value is -1.64. The first-order valence-corrected chi connectivity index (χ1v) is 6.60. The standard InChI is InChI=1S/C15H20N2O/c1-2-15(18)17-11-7-14(8-12-17)4-3-13-5-9-16-10-6-13/h2,5-6,9-10,14H,1,3-4,7-8,11-12H2. The van der Waals surface area contributed by atoms with E-state index in [-0.39, 0.29) is 5.91 Å². The van der Waals surface area contributed by atoms with Gasteiger partial charge in [-0.1, -0.05) is 6.58 Å². The van der Waals surface area contributed by atoms with Crippen LogP contribution in [0.25, 0.3) is 0 Å². The van der Waals surface area contributed by atoms with Crippen LogP contribution in [0.15, 0.2) is 37.2 Å². The van der Waals surface area contributed by atoms with Gasteiger partial charge in [-0.05, 0) is 55.4 Å². The highest BCUT2D eigenvalue weighted by atomic mass is 16.2. The smallest absolute Gasteiger partial charge is 0.245 e. The first-order valence-electron chi connectivity index (χ1n) is 6.60. The largest absolute Gasteiger partial charge is 0.339 e. The molecule has 1 saturated heterocycles. The maximum absolute atomic E-state index is 11.5. The Morgan fingerprint density at radius 1 is 1.39 bits per heavy atom. The van der Waals surface area contributed by atoms with Crippen molar-refractivity contribution in [1.29, 1.82) is 0 Å². The summed E-state index contributed by atoms with van der Waals surface area (Å²) in [7, 11) is 0. The highest BCUT2D eigenvalue weighted by Crippen LogP contribution is 2.22. The average molecular weight is 244 g/mol. The van der Waals surface area contributed by atoms with Crippen LogP contribution in [0.5, 0.6) is 0 Å². The van der Waals surface area contributed by atoms with Crippen molar-refractivity contribution in [2.75, 3.05) is 13.1 Å². The van der Waals surface area contributed by atoms with Crippen LogP contribution >= 0.6 is 0 Å². The number of nitrogens with zero attached hydrogens (tertiary/aromatic N) is 2. The van der Waals surface area contributed by atoms with Crippen LogP contribution in [0.3, 0.4) is 0 Å². The van der Waals surface area contributed by atoms with Gasteiger partial charge in [0.05, 0.1) is 0 Å². The van der Waals surface area contributed by atoms with E-state index in [0.717, 1.165) is 38.3 Å². The van der Waals surface area contributed by atoms with Crippen molar-refractivity contribution in [3.8, 4) is 0 Å². The van der Waals surface area contributed by atoms with Crippen LogP contribution in [0, 0.1) is 5.92 Å². The molecule has 0 bridgehead atoms. The SMILES string of the molecule is C=CC(=O)N1CCC(CCc2ccncc2)CC1. The number of likely N-dealkylation sites (tertiary alicyclic amines) is 1. The van der Waals surface area contributed by atoms with Gasteiger partial charge in [0.1, 0.15) is 0 Å². The maximum Gasteiger partial charge on any atom is 0.245 e. The number of rotatable bonds is 4. The molecule has 1 aliphatic rings. The lowest BCUT2D eigenvalue weighted by molar-refractivity contribution is -0.127. The molecule has 1 amide bonds. The van der Waals surface area contributed by atoms with E-state index in [9.17, 15) is 4.79 Å². The fraction of sp³-hybridized carbons (Fsp3) is 0.467. The number of amides is 1. The summed E-state index contributed by atoms with van der Waals surface area (Å²) < 4.78 is 0. The lowest BCUT2D eigenvalue weighted by Gasteiger charge is -2.31. The van der Waals surface area contributed by atoms with E-state index in [0.29, 0.717) is 0 Å². The summed E-state index contributed by atoms with van der Waals surface area (Å²) >= 11 is 0. The molecule has 1 aromatic rings. The molecule has 2 heterocycles. The van der Waals surface area contributed by atoms with Gasteiger partial charge in [-0.2, -0.15) is 0 Å². The highest BCUT2D eigenvalue weighted by molar-refractivity contribution is 5.87. The highest BCUT2D eigenvalue weighted by Gasteiger charge is 2.20. The molecular formula is C15H20N2O. The Balaban J connectivity index is 1.74. The summed E-state index contributed by atoms with van der Waals surface area (Å²) in [5, 5.41) is 0. The van der Waals surface area contributed by atoms with Crippen molar-refractivity contribution in [3.05, 3.63) is 42.7 Å². The van der Waals surface area contributed by atoms with Crippen LogP contribution in [-0.2, 0) is 11.2 Å². The lowest BCUT2D eigenvalue weighted by atomic mass is 9.90. The van der Waals surface area contributed by atoms with Crippen molar-refractivity contribution in [3.63, 3.8) is 0 Å². The minimum Gasteiger partial charge on any atom is -0.339 e. The molecular weight excluding hydrogens is 224 g/mol. The first-order chi connectivity index (χ1) is 8.79. The van der Waals surface area contributed by atoms with E-state index in [2.05, 4.69) is 23.7 Å². The Kier molecular flexibility index (Phi) is 4.51. The summed E-state index contributed by atoms with van der Waals surface area (Å²) in [5.41, 5.74) is 1.36. The molecule has 0 saturated carbocycles. The fourth-order valence-electron chi connectivity index (χ4n) is 2.49. The lowest BCUT2D eigenvalue weighted by Crippen LogP contribution is -2.37. The van der Waals surface area contributed by atoms with Crippen molar-refractivity contribution >= 4 is 5.91 Å². The van der Waals surface area contributed by atoms with Gasteiger partial charge >= 0.3 is 0 Å². The topological polar surface area (TPSA) is 33.2 Å². The van der Waals surface area contributed by atoms with Crippen molar-refractivity contribution in [2.45, 2.75) is 25.7 Å². The summed E-state index contributed by atoms with van der Waals surface area (Å²) in [6.07, 6.45) is 9.66. The van der Waals surface area contributed by atoms with E-state index in [4.69, 9.17) is 0 Å². The van der Waals surface area contributed by atoms with Gasteiger partial charge < -0.3 is 4.90 Å². The molecule has 1 fully saturated rings. The summed E-state index contributed by atoms with van der Waals surface area (Å²) in [6.45, 7) is 5.30. The third-order valence-corrected chi connectivity index (χ3v) is 3.69. The number of carbonyl (C=O) groups excluding carboxylic acids is 1. The second-order valence-corrected chi connectivity index (χ2v) is 4.87. The van der Waals surface area contributed by atoms with Gasteiger partial charge in [0, 0.05) is 25.5 Å². The predicted molar refractivity (Wildman–Crippen MR) is 72.1 cm³/mol. The zero-order valence-corrected chi connectivity index (χ0v) is 10.7.